The van der Waals surface area contributed by atoms with Gasteiger partial charge in [-0.25, -0.2) is 0 Å². The molecule has 0 radical (unpaired) electrons. The second-order valence-electron chi connectivity index (χ2n) is 2.87. The fraction of sp³-hybridized carbons (Fsp3) is 0.333. The summed E-state index contributed by atoms with van der Waals surface area (Å²) >= 11 is 11.7. The summed E-state index contributed by atoms with van der Waals surface area (Å²) < 4.78 is 0. The molecule has 0 amide bonds. The van der Waals surface area contributed by atoms with E-state index in [1.54, 1.807) is 12.1 Å². The molecule has 0 bridgehead atoms. The lowest BCUT2D eigenvalue weighted by Crippen LogP contribution is -2.16. The monoisotopic (exact) mass is 244 g/mol. The van der Waals surface area contributed by atoms with Crippen molar-refractivity contribution in [3.05, 3.63) is 44.3 Å². The van der Waals surface area contributed by atoms with Crippen LogP contribution in [0.5, 0.6) is 0 Å². The second-order valence-corrected chi connectivity index (χ2v) is 3.72. The van der Waals surface area contributed by atoms with Crippen LogP contribution in [0.1, 0.15) is 5.56 Å². The minimum atomic E-state index is 0.293. The van der Waals surface area contributed by atoms with E-state index in [9.17, 15) is 0 Å². The Morgan fingerprint density at radius 3 is 2.87 bits per heavy atom. The van der Waals surface area contributed by atoms with Crippen LogP contribution in [0.25, 0.3) is 10.4 Å². The van der Waals surface area contributed by atoms with E-state index in [4.69, 9.17) is 28.7 Å². The van der Waals surface area contributed by atoms with Crippen molar-refractivity contribution >= 4 is 23.2 Å². The largest absolute Gasteiger partial charge is 0.311 e. The maximum Gasteiger partial charge on any atom is 0.0746 e. The van der Waals surface area contributed by atoms with Crippen molar-refractivity contribution in [1.29, 1.82) is 0 Å². The van der Waals surface area contributed by atoms with Gasteiger partial charge in [-0.1, -0.05) is 34.4 Å². The molecule has 4 nitrogen and oxygen atoms in total. The molecule has 15 heavy (non-hydrogen) atoms. The van der Waals surface area contributed by atoms with Crippen molar-refractivity contribution in [2.24, 2.45) is 5.11 Å². The Bertz CT molecular complexity index is 374. The first-order valence-electron chi connectivity index (χ1n) is 4.39. The maximum absolute atomic E-state index is 8.04. The molecular weight excluding hydrogens is 235 g/mol. The van der Waals surface area contributed by atoms with Gasteiger partial charge in [0, 0.05) is 15.0 Å². The van der Waals surface area contributed by atoms with Crippen LogP contribution in [0, 0.1) is 0 Å². The van der Waals surface area contributed by atoms with Gasteiger partial charge < -0.3 is 5.32 Å². The maximum atomic E-state index is 8.04. The minimum Gasteiger partial charge on any atom is -0.311 e. The second kappa shape index (κ2) is 6.53. The lowest BCUT2D eigenvalue weighted by Gasteiger charge is -2.04. The van der Waals surface area contributed by atoms with E-state index in [-0.39, 0.29) is 0 Å². The highest BCUT2D eigenvalue weighted by Gasteiger charge is 2.00. The van der Waals surface area contributed by atoms with Gasteiger partial charge in [-0.3, -0.25) is 0 Å². The molecular formula is C9H10Cl2N4. The van der Waals surface area contributed by atoms with Gasteiger partial charge in [-0.2, -0.15) is 0 Å². The summed E-state index contributed by atoms with van der Waals surface area (Å²) in [5, 5.41) is 7.61. The number of benzene rings is 1. The van der Waals surface area contributed by atoms with E-state index in [1.807, 2.05) is 6.07 Å². The van der Waals surface area contributed by atoms with Gasteiger partial charge in [0.05, 0.1) is 6.67 Å². The standard InChI is InChI=1S/C9H10Cl2N4/c10-8-2-1-7(9(11)5-8)3-4-13-6-14-15-12/h1-2,5,13H,3-4,6H2. The molecule has 0 saturated heterocycles. The molecule has 0 aromatic heterocycles. The first-order chi connectivity index (χ1) is 7.24. The Morgan fingerprint density at radius 2 is 2.20 bits per heavy atom. The molecule has 0 heterocycles. The highest BCUT2D eigenvalue weighted by molar-refractivity contribution is 6.35. The zero-order valence-corrected chi connectivity index (χ0v) is 9.46. The molecule has 1 rings (SSSR count). The van der Waals surface area contributed by atoms with Crippen LogP contribution in [0.4, 0.5) is 0 Å². The molecule has 0 aliphatic heterocycles. The molecule has 1 aromatic rings. The van der Waals surface area contributed by atoms with Crippen LogP contribution in [0.3, 0.4) is 0 Å². The fourth-order valence-electron chi connectivity index (χ4n) is 1.11. The van der Waals surface area contributed by atoms with Crippen LogP contribution >= 0.6 is 23.2 Å². The van der Waals surface area contributed by atoms with Crippen molar-refractivity contribution in [3.63, 3.8) is 0 Å². The van der Waals surface area contributed by atoms with E-state index >= 15 is 0 Å². The first kappa shape index (κ1) is 12.1. The number of hydrogen-bond donors (Lipinski definition) is 1. The van der Waals surface area contributed by atoms with Crippen LogP contribution in [-0.2, 0) is 6.42 Å². The number of nitrogens with zero attached hydrogens (tertiary/aromatic N) is 3. The van der Waals surface area contributed by atoms with Gasteiger partial charge in [-0.15, -0.1) is 0 Å². The zero-order chi connectivity index (χ0) is 11.1. The summed E-state index contributed by atoms with van der Waals surface area (Å²) in [6.07, 6.45) is 0.775. The summed E-state index contributed by atoms with van der Waals surface area (Å²) in [5.41, 5.74) is 9.06. The first-order valence-corrected chi connectivity index (χ1v) is 5.15. The zero-order valence-electron chi connectivity index (χ0n) is 7.95. The molecule has 1 N–H and O–H groups in total. The van der Waals surface area contributed by atoms with Crippen molar-refractivity contribution in [2.45, 2.75) is 6.42 Å². The van der Waals surface area contributed by atoms with E-state index in [2.05, 4.69) is 15.3 Å². The molecule has 0 saturated carbocycles. The van der Waals surface area contributed by atoms with Crippen LogP contribution in [-0.4, -0.2) is 13.2 Å². The van der Waals surface area contributed by atoms with Gasteiger partial charge in [0.2, 0.25) is 0 Å². The normalized spacial score (nSPS) is 9.73. The number of nitrogens with one attached hydrogen (secondary N) is 1. The van der Waals surface area contributed by atoms with Crippen LogP contribution < -0.4 is 5.32 Å². The van der Waals surface area contributed by atoms with Gasteiger partial charge >= 0.3 is 0 Å². The quantitative estimate of drug-likeness (QED) is 0.367. The van der Waals surface area contributed by atoms with Gasteiger partial charge in [0.1, 0.15) is 0 Å². The average molecular weight is 245 g/mol. The third-order valence-electron chi connectivity index (χ3n) is 1.83. The van der Waals surface area contributed by atoms with Crippen LogP contribution in [0.2, 0.25) is 10.0 Å². The molecule has 0 fully saturated rings. The highest BCUT2D eigenvalue weighted by Crippen LogP contribution is 2.20. The molecule has 1 aromatic carbocycles. The van der Waals surface area contributed by atoms with E-state index in [1.165, 1.54) is 0 Å². The van der Waals surface area contributed by atoms with Crippen molar-refractivity contribution in [1.82, 2.24) is 5.32 Å². The van der Waals surface area contributed by atoms with Gasteiger partial charge in [-0.05, 0) is 36.2 Å². The van der Waals surface area contributed by atoms with E-state index in [0.29, 0.717) is 23.3 Å². The Hall–Kier alpha value is -0.930. The minimum absolute atomic E-state index is 0.293. The topological polar surface area (TPSA) is 60.8 Å². The van der Waals surface area contributed by atoms with E-state index < -0.39 is 0 Å². The lowest BCUT2D eigenvalue weighted by molar-refractivity contribution is 0.698. The molecule has 6 heteroatoms. The molecule has 0 spiro atoms. The Morgan fingerprint density at radius 1 is 1.40 bits per heavy atom. The van der Waals surface area contributed by atoms with Crippen molar-refractivity contribution in [2.75, 3.05) is 13.2 Å². The fourth-order valence-corrected chi connectivity index (χ4v) is 1.61. The number of rotatable bonds is 5. The molecule has 0 aliphatic rings. The van der Waals surface area contributed by atoms with Crippen LogP contribution in [0.15, 0.2) is 23.3 Å². The Kier molecular flexibility index (Phi) is 5.29. The molecule has 0 atom stereocenters. The predicted octanol–water partition coefficient (Wildman–Crippen LogP) is 3.39. The number of hydrogen-bond acceptors (Lipinski definition) is 2. The summed E-state index contributed by atoms with van der Waals surface area (Å²) in [6.45, 7) is 1.00. The number of halogens is 2. The third-order valence-corrected chi connectivity index (χ3v) is 2.42. The lowest BCUT2D eigenvalue weighted by atomic mass is 10.1. The highest BCUT2D eigenvalue weighted by atomic mass is 35.5. The molecule has 80 valence electrons. The van der Waals surface area contributed by atoms with Crippen molar-refractivity contribution in [3.8, 4) is 0 Å². The summed E-state index contributed by atoms with van der Waals surface area (Å²) in [6, 6.07) is 5.40. The predicted molar refractivity (Wildman–Crippen MR) is 62.2 cm³/mol. The number of azide groups is 1. The van der Waals surface area contributed by atoms with Gasteiger partial charge in [0.25, 0.3) is 0 Å². The van der Waals surface area contributed by atoms with Gasteiger partial charge in [0.15, 0.2) is 0 Å². The van der Waals surface area contributed by atoms with Crippen molar-refractivity contribution < 1.29 is 0 Å². The SMILES string of the molecule is [N-]=[N+]=NCNCCc1ccc(Cl)cc1Cl. The summed E-state index contributed by atoms with van der Waals surface area (Å²) in [7, 11) is 0. The smallest absolute Gasteiger partial charge is 0.0746 e. The van der Waals surface area contributed by atoms with E-state index in [0.717, 1.165) is 12.0 Å². The molecule has 0 unspecified atom stereocenters. The Balaban J connectivity index is 2.40. The third kappa shape index (κ3) is 4.40. The molecule has 0 aliphatic carbocycles. The average Bonchev–Trinajstić information content (AvgIpc) is 2.20. The summed E-state index contributed by atoms with van der Waals surface area (Å²) in [4.78, 5) is 2.63. The summed E-state index contributed by atoms with van der Waals surface area (Å²) in [5.74, 6) is 0. The Labute approximate surface area is 97.8 Å².